The third-order valence-electron chi connectivity index (χ3n) is 3.69. The zero-order chi connectivity index (χ0) is 15.9. The van der Waals surface area contributed by atoms with E-state index in [-0.39, 0.29) is 17.4 Å². The molecule has 22 heavy (non-hydrogen) atoms. The summed E-state index contributed by atoms with van der Waals surface area (Å²) in [6, 6.07) is 11.9. The van der Waals surface area contributed by atoms with E-state index in [1.807, 2.05) is 24.3 Å². The maximum absolute atomic E-state index is 11.3. The lowest BCUT2D eigenvalue weighted by atomic mass is 9.98. The predicted molar refractivity (Wildman–Crippen MR) is 80.7 cm³/mol. The van der Waals surface area contributed by atoms with E-state index in [1.165, 1.54) is 12.1 Å². The number of rotatable bonds is 3. The van der Waals surface area contributed by atoms with Gasteiger partial charge in [-0.2, -0.15) is 8.42 Å². The fraction of sp³-hybridized carbons (Fsp3) is 0.133. The Morgan fingerprint density at radius 3 is 2.50 bits per heavy atom. The van der Waals surface area contributed by atoms with E-state index in [0.29, 0.717) is 5.56 Å². The second kappa shape index (κ2) is 5.39. The van der Waals surface area contributed by atoms with Gasteiger partial charge in [-0.05, 0) is 34.4 Å². The summed E-state index contributed by atoms with van der Waals surface area (Å²) in [7, 11) is -4.30. The molecule has 1 atom stereocenters. The Kier molecular flexibility index (Phi) is 3.68. The minimum absolute atomic E-state index is 0.00127. The van der Waals surface area contributed by atoms with Crippen LogP contribution >= 0.6 is 11.6 Å². The number of fused-ring (bicyclic) bond motifs is 3. The van der Waals surface area contributed by atoms with Gasteiger partial charge < -0.3 is 4.74 Å². The first-order valence-electron chi connectivity index (χ1n) is 6.41. The lowest BCUT2D eigenvalue weighted by Crippen LogP contribution is -2.09. The van der Waals surface area contributed by atoms with E-state index >= 15 is 0 Å². The quantitative estimate of drug-likeness (QED) is 0.685. The average Bonchev–Trinajstić information content (AvgIpc) is 2.77. The molecule has 0 fully saturated rings. The minimum Gasteiger partial charge on any atom is -0.453 e. The molecule has 0 saturated heterocycles. The monoisotopic (exact) mass is 338 g/mol. The first kappa shape index (κ1) is 15.0. The predicted octanol–water partition coefficient (Wildman–Crippen LogP) is 3.42. The first-order chi connectivity index (χ1) is 10.4. The molecule has 0 heterocycles. The summed E-state index contributed by atoms with van der Waals surface area (Å²) in [5, 5.41) is 0. The van der Waals surface area contributed by atoms with E-state index < -0.39 is 15.5 Å². The van der Waals surface area contributed by atoms with Crippen molar-refractivity contribution < 1.29 is 22.5 Å². The molecule has 1 aliphatic rings. The Morgan fingerprint density at radius 2 is 1.82 bits per heavy atom. The van der Waals surface area contributed by atoms with Crippen LogP contribution in [0.15, 0.2) is 47.4 Å². The van der Waals surface area contributed by atoms with Crippen molar-refractivity contribution in [2.75, 3.05) is 6.61 Å². The topological polar surface area (TPSA) is 80.7 Å². The molecule has 0 amide bonds. The summed E-state index contributed by atoms with van der Waals surface area (Å²) >= 11 is 5.22. The first-order valence-corrected chi connectivity index (χ1v) is 8.22. The van der Waals surface area contributed by atoms with Crippen molar-refractivity contribution in [3.63, 3.8) is 0 Å². The van der Waals surface area contributed by atoms with Gasteiger partial charge in [0.25, 0.3) is 10.1 Å². The molecule has 114 valence electrons. The molecule has 3 rings (SSSR count). The number of carbonyl (C=O) groups excluding carboxylic acids is 1. The molecule has 0 saturated carbocycles. The van der Waals surface area contributed by atoms with Crippen LogP contribution in [0, 0.1) is 0 Å². The zero-order valence-corrected chi connectivity index (χ0v) is 12.8. The Balaban J connectivity index is 2.14. The summed E-state index contributed by atoms with van der Waals surface area (Å²) in [6.45, 7) is 0.00127. The van der Waals surface area contributed by atoms with Crippen LogP contribution in [0.2, 0.25) is 0 Å². The van der Waals surface area contributed by atoms with Crippen molar-refractivity contribution in [1.29, 1.82) is 0 Å². The summed E-state index contributed by atoms with van der Waals surface area (Å²) in [5.41, 5.74) is 2.46. The lowest BCUT2D eigenvalue weighted by molar-refractivity contribution is 0.170. The molecule has 1 N–H and O–H groups in total. The summed E-state index contributed by atoms with van der Waals surface area (Å²) in [6.07, 6.45) is 0. The summed E-state index contributed by atoms with van der Waals surface area (Å²) in [5.74, 6) is -0.324. The summed E-state index contributed by atoms with van der Waals surface area (Å²) in [4.78, 5) is 10.7. The third-order valence-corrected chi connectivity index (χ3v) is 4.64. The van der Waals surface area contributed by atoms with Crippen LogP contribution in [-0.2, 0) is 14.9 Å². The number of benzene rings is 2. The van der Waals surface area contributed by atoms with Gasteiger partial charge in [-0.3, -0.25) is 4.55 Å². The Bertz CT molecular complexity index is 860. The third kappa shape index (κ3) is 2.61. The normalized spacial score (nSPS) is 16.0. The van der Waals surface area contributed by atoms with Crippen molar-refractivity contribution in [2.45, 2.75) is 10.8 Å². The second-order valence-corrected chi connectivity index (χ2v) is 6.64. The van der Waals surface area contributed by atoms with Gasteiger partial charge in [-0.15, -0.1) is 0 Å². The van der Waals surface area contributed by atoms with Crippen molar-refractivity contribution >= 4 is 27.1 Å². The molecule has 1 aliphatic carbocycles. The molecule has 2 aromatic carbocycles. The number of hydrogen-bond donors (Lipinski definition) is 1. The highest BCUT2D eigenvalue weighted by atomic mass is 35.5. The standard InChI is InChI=1S/C15H11ClO5S/c16-15(17)21-8-14-11-4-2-1-3-10(11)12-6-5-9(7-13(12)14)22(18,19)20/h1-7,14H,8H2,(H,18,19,20)/t14-/m1/s1. The molecule has 0 radical (unpaired) electrons. The van der Waals surface area contributed by atoms with E-state index in [4.69, 9.17) is 16.3 Å². The maximum atomic E-state index is 11.3. The van der Waals surface area contributed by atoms with Gasteiger partial charge in [-0.25, -0.2) is 4.79 Å². The van der Waals surface area contributed by atoms with Gasteiger partial charge in [0.1, 0.15) is 6.61 Å². The maximum Gasteiger partial charge on any atom is 0.403 e. The minimum atomic E-state index is -4.30. The van der Waals surface area contributed by atoms with Crippen molar-refractivity contribution in [1.82, 2.24) is 0 Å². The number of ether oxygens (including phenoxy) is 1. The van der Waals surface area contributed by atoms with Crippen LogP contribution in [0.4, 0.5) is 4.79 Å². The molecule has 0 unspecified atom stereocenters. The molecule has 0 aromatic heterocycles. The molecule has 7 heteroatoms. The second-order valence-electron chi connectivity index (χ2n) is 4.91. The largest absolute Gasteiger partial charge is 0.453 e. The molecule has 0 bridgehead atoms. The van der Waals surface area contributed by atoms with Crippen LogP contribution in [-0.4, -0.2) is 25.0 Å². The van der Waals surface area contributed by atoms with Crippen LogP contribution in [0.25, 0.3) is 11.1 Å². The lowest BCUT2D eigenvalue weighted by Gasteiger charge is -2.13. The number of carbonyl (C=O) groups is 1. The van der Waals surface area contributed by atoms with E-state index in [2.05, 4.69) is 0 Å². The van der Waals surface area contributed by atoms with Crippen LogP contribution < -0.4 is 0 Å². The van der Waals surface area contributed by atoms with E-state index in [9.17, 15) is 17.8 Å². The SMILES string of the molecule is O=C(Cl)OC[C@@H]1c2ccccc2-c2ccc(S(=O)(=O)O)cc21. The zero-order valence-electron chi connectivity index (χ0n) is 11.2. The average molecular weight is 339 g/mol. The molecule has 2 aromatic rings. The van der Waals surface area contributed by atoms with Gasteiger partial charge in [0.05, 0.1) is 4.90 Å². The van der Waals surface area contributed by atoms with Gasteiger partial charge in [0, 0.05) is 17.5 Å². The highest BCUT2D eigenvalue weighted by Crippen LogP contribution is 2.45. The Morgan fingerprint density at radius 1 is 1.14 bits per heavy atom. The molecular weight excluding hydrogens is 328 g/mol. The van der Waals surface area contributed by atoms with Crippen molar-refractivity contribution in [3.8, 4) is 11.1 Å². The van der Waals surface area contributed by atoms with Gasteiger partial charge in [0.2, 0.25) is 0 Å². The van der Waals surface area contributed by atoms with Crippen molar-refractivity contribution in [2.24, 2.45) is 0 Å². The van der Waals surface area contributed by atoms with Gasteiger partial charge in [-0.1, -0.05) is 30.3 Å². The fourth-order valence-corrected chi connectivity index (χ4v) is 3.36. The van der Waals surface area contributed by atoms with Gasteiger partial charge >= 0.3 is 5.43 Å². The van der Waals surface area contributed by atoms with Crippen LogP contribution in [0.1, 0.15) is 17.0 Å². The van der Waals surface area contributed by atoms with Gasteiger partial charge in [0.15, 0.2) is 0 Å². The summed E-state index contributed by atoms with van der Waals surface area (Å²) < 4.78 is 36.7. The highest BCUT2D eigenvalue weighted by Gasteiger charge is 2.30. The van der Waals surface area contributed by atoms with Crippen LogP contribution in [0.5, 0.6) is 0 Å². The van der Waals surface area contributed by atoms with Crippen molar-refractivity contribution in [3.05, 3.63) is 53.6 Å². The fourth-order valence-electron chi connectivity index (χ4n) is 2.78. The van der Waals surface area contributed by atoms with E-state index in [0.717, 1.165) is 16.7 Å². The Labute approximate surface area is 132 Å². The molecule has 5 nitrogen and oxygen atoms in total. The Hall–Kier alpha value is -1.89. The van der Waals surface area contributed by atoms with Crippen LogP contribution in [0.3, 0.4) is 0 Å². The highest BCUT2D eigenvalue weighted by molar-refractivity contribution is 7.85. The smallest absolute Gasteiger partial charge is 0.403 e. The number of hydrogen-bond acceptors (Lipinski definition) is 4. The van der Waals surface area contributed by atoms with E-state index in [1.54, 1.807) is 6.07 Å². The molecule has 0 spiro atoms. The molecule has 0 aliphatic heterocycles. The number of halogens is 1. The molecular formula is C15H11ClO5S.